The van der Waals surface area contributed by atoms with Crippen LogP contribution in [-0.4, -0.2) is 53.4 Å². The first-order chi connectivity index (χ1) is 14.2. The first kappa shape index (κ1) is 19.8. The maximum absolute atomic E-state index is 12.5. The summed E-state index contributed by atoms with van der Waals surface area (Å²) in [4.78, 5) is 21.3. The van der Waals surface area contributed by atoms with Crippen molar-refractivity contribution >= 4 is 12.0 Å². The number of carbonyl (C=O) groups is 1. The Bertz CT molecular complexity index is 810. The third kappa shape index (κ3) is 5.33. The standard InChI is InChI=1S/C25H31N3O/c29-24-10-12-25(21-28(24)17-11-23-8-4-15-26-20-23)13-18-27(19-14-25)16-5-9-22-6-2-1-3-7-22/h1-9,15,20H,10-14,16-19,21H2/b9-5+. The molecule has 2 aliphatic rings. The summed E-state index contributed by atoms with van der Waals surface area (Å²) in [6.45, 7) is 5.01. The Hall–Kier alpha value is -2.46. The Morgan fingerprint density at radius 3 is 2.62 bits per heavy atom. The summed E-state index contributed by atoms with van der Waals surface area (Å²) in [6, 6.07) is 14.6. The van der Waals surface area contributed by atoms with E-state index >= 15 is 0 Å². The molecule has 4 rings (SSSR count). The quantitative estimate of drug-likeness (QED) is 0.748. The monoisotopic (exact) mass is 389 g/mol. The number of piperidine rings is 2. The van der Waals surface area contributed by atoms with Crippen LogP contribution in [0.25, 0.3) is 6.08 Å². The molecule has 2 saturated heterocycles. The van der Waals surface area contributed by atoms with Crippen LogP contribution in [-0.2, 0) is 11.2 Å². The summed E-state index contributed by atoms with van der Waals surface area (Å²) in [6.07, 6.45) is 13.3. The van der Waals surface area contributed by atoms with Gasteiger partial charge < -0.3 is 4.90 Å². The fraction of sp³-hybridized carbons (Fsp3) is 0.440. The Morgan fingerprint density at radius 1 is 1.03 bits per heavy atom. The number of hydrogen-bond acceptors (Lipinski definition) is 3. The van der Waals surface area contributed by atoms with E-state index in [-0.39, 0.29) is 0 Å². The van der Waals surface area contributed by atoms with E-state index in [9.17, 15) is 4.79 Å². The van der Waals surface area contributed by atoms with Crippen LogP contribution in [0.3, 0.4) is 0 Å². The molecule has 2 aliphatic heterocycles. The fourth-order valence-corrected chi connectivity index (χ4v) is 4.64. The minimum Gasteiger partial charge on any atom is -0.342 e. The second-order valence-electron chi connectivity index (χ2n) is 8.54. The molecule has 0 bridgehead atoms. The average Bonchev–Trinajstić information content (AvgIpc) is 2.77. The molecular formula is C25H31N3O. The van der Waals surface area contributed by atoms with Crippen molar-refractivity contribution in [3.8, 4) is 0 Å². The van der Waals surface area contributed by atoms with Gasteiger partial charge in [0.05, 0.1) is 0 Å². The lowest BCUT2D eigenvalue weighted by Gasteiger charge is -2.47. The molecule has 0 saturated carbocycles. The molecular weight excluding hydrogens is 358 g/mol. The van der Waals surface area contributed by atoms with Crippen molar-refractivity contribution in [2.24, 2.45) is 5.41 Å². The maximum atomic E-state index is 12.5. The van der Waals surface area contributed by atoms with Crippen LogP contribution in [0.4, 0.5) is 0 Å². The highest BCUT2D eigenvalue weighted by Crippen LogP contribution is 2.40. The molecule has 4 heteroatoms. The molecule has 0 unspecified atom stereocenters. The second kappa shape index (κ2) is 9.36. The molecule has 0 atom stereocenters. The van der Waals surface area contributed by atoms with Crippen molar-refractivity contribution in [3.05, 3.63) is 72.1 Å². The molecule has 0 radical (unpaired) electrons. The zero-order valence-corrected chi connectivity index (χ0v) is 17.2. The third-order valence-electron chi connectivity index (χ3n) is 6.53. The molecule has 2 aromatic rings. The zero-order valence-electron chi connectivity index (χ0n) is 17.2. The van der Waals surface area contributed by atoms with Crippen molar-refractivity contribution < 1.29 is 4.79 Å². The van der Waals surface area contributed by atoms with Gasteiger partial charge >= 0.3 is 0 Å². The molecule has 1 spiro atoms. The summed E-state index contributed by atoms with van der Waals surface area (Å²) < 4.78 is 0. The van der Waals surface area contributed by atoms with E-state index in [0.717, 1.165) is 45.6 Å². The van der Waals surface area contributed by atoms with Gasteiger partial charge in [0.2, 0.25) is 5.91 Å². The van der Waals surface area contributed by atoms with Gasteiger partial charge in [-0.25, -0.2) is 0 Å². The number of hydrogen-bond donors (Lipinski definition) is 0. The zero-order chi connectivity index (χ0) is 19.9. The lowest BCUT2D eigenvalue weighted by molar-refractivity contribution is -0.139. The van der Waals surface area contributed by atoms with Crippen LogP contribution in [0.5, 0.6) is 0 Å². The predicted octanol–water partition coefficient (Wildman–Crippen LogP) is 4.04. The number of nitrogens with zero attached hydrogens (tertiary/aromatic N) is 3. The van der Waals surface area contributed by atoms with Crippen LogP contribution < -0.4 is 0 Å². The van der Waals surface area contributed by atoms with Crippen LogP contribution in [0.1, 0.15) is 36.8 Å². The molecule has 2 fully saturated rings. The molecule has 1 amide bonds. The van der Waals surface area contributed by atoms with E-state index in [4.69, 9.17) is 0 Å². The molecule has 1 aromatic carbocycles. The van der Waals surface area contributed by atoms with Crippen LogP contribution in [0.15, 0.2) is 60.9 Å². The first-order valence-electron chi connectivity index (χ1n) is 10.8. The van der Waals surface area contributed by atoms with Crippen molar-refractivity contribution in [2.45, 2.75) is 32.1 Å². The molecule has 4 nitrogen and oxygen atoms in total. The Morgan fingerprint density at radius 2 is 1.86 bits per heavy atom. The number of pyridine rings is 1. The number of carbonyl (C=O) groups excluding carboxylic acids is 1. The van der Waals surface area contributed by atoms with Gasteiger partial charge in [-0.1, -0.05) is 48.6 Å². The van der Waals surface area contributed by atoms with Crippen molar-refractivity contribution in [3.63, 3.8) is 0 Å². The van der Waals surface area contributed by atoms with Crippen LogP contribution in [0.2, 0.25) is 0 Å². The summed E-state index contributed by atoms with van der Waals surface area (Å²) in [5, 5.41) is 0. The lowest BCUT2D eigenvalue weighted by atomic mass is 9.72. The minimum absolute atomic E-state index is 0.322. The largest absolute Gasteiger partial charge is 0.342 e. The van der Waals surface area contributed by atoms with E-state index in [1.165, 1.54) is 24.0 Å². The van der Waals surface area contributed by atoms with Crippen molar-refractivity contribution in [2.75, 3.05) is 32.7 Å². The highest BCUT2D eigenvalue weighted by atomic mass is 16.2. The number of likely N-dealkylation sites (tertiary alicyclic amines) is 2. The number of aromatic nitrogens is 1. The Labute approximate surface area is 174 Å². The van der Waals surface area contributed by atoms with E-state index in [0.29, 0.717) is 17.7 Å². The molecule has 152 valence electrons. The lowest BCUT2D eigenvalue weighted by Crippen LogP contribution is -2.51. The topological polar surface area (TPSA) is 36.4 Å². The van der Waals surface area contributed by atoms with Gasteiger partial charge in [0.15, 0.2) is 0 Å². The van der Waals surface area contributed by atoms with Gasteiger partial charge in [-0.05, 0) is 61.4 Å². The minimum atomic E-state index is 0.322. The van der Waals surface area contributed by atoms with E-state index in [1.807, 2.05) is 12.3 Å². The Balaban J connectivity index is 1.27. The highest BCUT2D eigenvalue weighted by Gasteiger charge is 2.40. The van der Waals surface area contributed by atoms with Gasteiger partial charge in [-0.3, -0.25) is 14.7 Å². The number of benzene rings is 1. The molecule has 29 heavy (non-hydrogen) atoms. The van der Waals surface area contributed by atoms with Crippen molar-refractivity contribution in [1.82, 2.24) is 14.8 Å². The molecule has 3 heterocycles. The predicted molar refractivity (Wildman–Crippen MR) is 117 cm³/mol. The number of amides is 1. The number of rotatable bonds is 6. The second-order valence-corrected chi connectivity index (χ2v) is 8.54. The summed E-state index contributed by atoms with van der Waals surface area (Å²) in [5.74, 6) is 0.327. The highest BCUT2D eigenvalue weighted by molar-refractivity contribution is 5.77. The van der Waals surface area contributed by atoms with Crippen LogP contribution >= 0.6 is 0 Å². The molecule has 0 aliphatic carbocycles. The smallest absolute Gasteiger partial charge is 0.222 e. The van der Waals surface area contributed by atoms with Gasteiger partial charge in [-0.15, -0.1) is 0 Å². The van der Waals surface area contributed by atoms with Gasteiger partial charge in [-0.2, -0.15) is 0 Å². The van der Waals surface area contributed by atoms with E-state index < -0.39 is 0 Å². The maximum Gasteiger partial charge on any atom is 0.222 e. The average molecular weight is 390 g/mol. The summed E-state index contributed by atoms with van der Waals surface area (Å²) >= 11 is 0. The first-order valence-corrected chi connectivity index (χ1v) is 10.8. The normalized spacial score (nSPS) is 19.9. The van der Waals surface area contributed by atoms with E-state index in [1.54, 1.807) is 6.20 Å². The van der Waals surface area contributed by atoms with Crippen molar-refractivity contribution in [1.29, 1.82) is 0 Å². The van der Waals surface area contributed by atoms with E-state index in [2.05, 4.69) is 63.3 Å². The third-order valence-corrected chi connectivity index (χ3v) is 6.53. The van der Waals surface area contributed by atoms with Gasteiger partial charge in [0, 0.05) is 38.4 Å². The van der Waals surface area contributed by atoms with Gasteiger partial charge in [0.1, 0.15) is 0 Å². The molecule has 0 N–H and O–H groups in total. The van der Waals surface area contributed by atoms with Gasteiger partial charge in [0.25, 0.3) is 0 Å². The summed E-state index contributed by atoms with van der Waals surface area (Å²) in [7, 11) is 0. The Kier molecular flexibility index (Phi) is 6.40. The van der Waals surface area contributed by atoms with Crippen LogP contribution in [0, 0.1) is 5.41 Å². The molecule has 1 aromatic heterocycles. The summed E-state index contributed by atoms with van der Waals surface area (Å²) in [5.41, 5.74) is 2.79. The SMILES string of the molecule is O=C1CCC2(CCN(C/C=C/c3ccccc3)CC2)CN1CCc1cccnc1. The fourth-order valence-electron chi connectivity index (χ4n) is 4.64.